The maximum atomic E-state index is 11.5. The lowest BCUT2D eigenvalue weighted by atomic mass is 9.81. The highest BCUT2D eigenvalue weighted by atomic mass is 79.9. The summed E-state index contributed by atoms with van der Waals surface area (Å²) >= 11 is 10.7. The van der Waals surface area contributed by atoms with Crippen LogP contribution in [0.3, 0.4) is 0 Å². The molecule has 0 saturated carbocycles. The van der Waals surface area contributed by atoms with Crippen LogP contribution in [-0.4, -0.2) is 165 Å². The van der Waals surface area contributed by atoms with Gasteiger partial charge in [-0.05, 0) is 260 Å². The topological polar surface area (TPSA) is 385 Å². The molecule has 38 heteroatoms. The smallest absolute Gasteiger partial charge is 0.399 e. The van der Waals surface area contributed by atoms with Gasteiger partial charge in [0.1, 0.15) is 68.1 Å². The van der Waals surface area contributed by atoms with E-state index >= 15 is 0 Å². The highest BCUT2D eigenvalue weighted by molar-refractivity contribution is 9.11. The molecular formula is C98H107BBr3N25O8S. The number of ether oxygens (including phenoxy) is 2. The van der Waals surface area contributed by atoms with Crippen LogP contribution in [0.25, 0.3) is 123 Å². The molecule has 1 aliphatic heterocycles. The summed E-state index contributed by atoms with van der Waals surface area (Å²) in [6.45, 7) is 35.0. The lowest BCUT2D eigenvalue weighted by molar-refractivity contribution is 0.00578. The fourth-order valence-electron chi connectivity index (χ4n) is 16.1. The summed E-state index contributed by atoms with van der Waals surface area (Å²) in [4.78, 5) is 47.5. The number of nitrogens with two attached hydrogens (primary N) is 2. The lowest BCUT2D eigenvalue weighted by Crippen LogP contribution is -2.41. The monoisotopic (exact) mass is 2040 g/mol. The Hall–Kier alpha value is -12.8. The van der Waals surface area contributed by atoms with Gasteiger partial charge in [0.25, 0.3) is 10.1 Å². The first-order valence-corrected chi connectivity index (χ1v) is 47.7. The number of fused-ring (bicyclic) bond motifs is 4. The molecule has 19 rings (SSSR count). The molecule has 0 aliphatic carbocycles. The number of halogens is 3. The molecule has 1 fully saturated rings. The van der Waals surface area contributed by atoms with Crippen molar-refractivity contribution in [2.45, 2.75) is 171 Å². The fraction of sp³-hybridized carbons (Fsp3) is 0.296. The van der Waals surface area contributed by atoms with Gasteiger partial charge < -0.3 is 53.6 Å². The van der Waals surface area contributed by atoms with Crippen molar-refractivity contribution in [3.05, 3.63) is 263 Å². The number of aliphatic hydroxyl groups is 1. The third-order valence-corrected chi connectivity index (χ3v) is 24.7. The minimum Gasteiger partial charge on any atom is -0.399 e. The molecule has 702 valence electrons. The van der Waals surface area contributed by atoms with Crippen molar-refractivity contribution in [1.29, 1.82) is 0 Å². The highest BCUT2D eigenvalue weighted by Crippen LogP contribution is 2.44. The molecule has 18 aromatic rings. The Kier molecular flexibility index (Phi) is 28.4. The van der Waals surface area contributed by atoms with Crippen LogP contribution in [0.1, 0.15) is 133 Å². The molecule has 0 amide bonds. The zero-order valence-corrected chi connectivity index (χ0v) is 84.6. The number of hydrogen-bond donors (Lipinski definition) is 3. The number of rotatable bonds is 18. The Morgan fingerprint density at radius 3 is 1.13 bits per heavy atom. The van der Waals surface area contributed by atoms with Crippen LogP contribution in [0, 0.1) is 0 Å². The second-order valence-electron chi connectivity index (χ2n) is 37.6. The average molecular weight is 2050 g/mol. The van der Waals surface area contributed by atoms with Gasteiger partial charge in [-0.1, -0.05) is 78.1 Å². The number of nitrogens with zero attached hydrogens (tertiary/aromatic N) is 23. The summed E-state index contributed by atoms with van der Waals surface area (Å²) in [6.07, 6.45) is 20.5. The number of hydrogen-bond acceptors (Lipinski definition) is 25. The summed E-state index contributed by atoms with van der Waals surface area (Å²) in [5.74, 6) is 2.92. The van der Waals surface area contributed by atoms with E-state index in [4.69, 9.17) is 49.4 Å². The highest BCUT2D eigenvalue weighted by Gasteiger charge is 2.52. The number of aromatic nitrogens is 23. The quantitative estimate of drug-likeness (QED) is 0.0530. The Labute approximate surface area is 813 Å². The van der Waals surface area contributed by atoms with E-state index in [0.717, 1.165) is 154 Å². The van der Waals surface area contributed by atoms with E-state index in [1.165, 1.54) is 29.9 Å². The number of benzene rings is 8. The number of aliphatic hydroxyl groups excluding tert-OH is 1. The van der Waals surface area contributed by atoms with Gasteiger partial charge in [-0.15, -0.1) is 0 Å². The zero-order chi connectivity index (χ0) is 97.3. The molecule has 0 atom stereocenters. The van der Waals surface area contributed by atoms with Gasteiger partial charge >= 0.3 is 7.12 Å². The van der Waals surface area contributed by atoms with Crippen LogP contribution in [0.4, 0.5) is 11.9 Å². The molecule has 1 aliphatic rings. The van der Waals surface area contributed by atoms with Crippen LogP contribution in [0.2, 0.25) is 0 Å². The third-order valence-electron chi connectivity index (χ3n) is 22.7. The third kappa shape index (κ3) is 21.7. The fourth-order valence-corrected chi connectivity index (χ4v) is 17.5. The van der Waals surface area contributed by atoms with Crippen LogP contribution in [0.5, 0.6) is 0 Å². The van der Waals surface area contributed by atoms with E-state index in [2.05, 4.69) is 282 Å². The predicted molar refractivity (Wildman–Crippen MR) is 540 cm³/mol. The van der Waals surface area contributed by atoms with E-state index in [1.807, 2.05) is 111 Å². The largest absolute Gasteiger partial charge is 0.498 e. The van der Waals surface area contributed by atoms with Gasteiger partial charge in [-0.2, -0.15) is 28.8 Å². The molecule has 0 radical (unpaired) electrons. The van der Waals surface area contributed by atoms with E-state index < -0.39 is 17.2 Å². The molecule has 0 bridgehead atoms. The van der Waals surface area contributed by atoms with Gasteiger partial charge in [0.2, 0.25) is 11.9 Å². The summed E-state index contributed by atoms with van der Waals surface area (Å²) in [5.41, 5.74) is 31.3. The standard InChI is InChI=1S/C25H26N8O.C22H23BrN4O.C21H22BrN5O3S.C20H20BrN5O.C10H16BN3O2/c1-25(2,3)33-22-8-6-17(18-11-28-24(26)29-12-18)10-20(22)31-23(33)19-9-16(13-34-4)5-7-21(19)32-15-27-14-30-32;1-22(2,3)27-19-8-6-17(23)10-16(19)11-21(27)18-9-15(12-28-4)5-7-20(18)26-14-24-13-25-26;1-21(2,3)27-19-8-6-15(22)10-17(19)25-20(27)16-9-14(11-30-31(4,28)29)5-7-18(16)26-13-23-12-24-26;1-20(2,3)26-18-7-5-14(21)9-16(18)24-19(26)15-8-13(10-27)4-6-17(15)25-12-22-11-23-25;1-9(2)10(3,4)16-11(15-9)7-5-13-8(12)14-6-7/h5-12,14-15H,13H2,1-4H3,(H2,26,28,29);5-11,13-14H,12H2,1-4H3;5-10,12-13H,11H2,1-4H3;4-9,11-12,27H,10H2,1-3H3;5-6H,1-4H3,(H2,12,13,14). The maximum absolute atomic E-state index is 11.5. The van der Waals surface area contributed by atoms with Crippen molar-refractivity contribution in [1.82, 2.24) is 112 Å². The van der Waals surface area contributed by atoms with E-state index in [1.54, 1.807) is 84.7 Å². The SMILES string of the molecule is CC(C)(C)n1c(-c2cc(CO)ccc2-n2cncn2)nc2cc(Br)ccc21.CC(C)(C)n1c(-c2cc(COS(C)(=O)=O)ccc2-n2cncn2)nc2cc(Br)ccc21.CC1(C)OB(c2cnc(N)nc2)OC1(C)C.COCc1ccc(-n2cncn2)c(-c2cc3cc(Br)ccc3n2C(C)(C)C)c1.COCc1ccc(-n2cncn2)c(-c2nc3cc(-c4cnc(N)nc4)ccc3n2C(C)(C)C)c1. The van der Waals surface area contributed by atoms with Gasteiger partial charge in [0.15, 0.2) is 0 Å². The maximum Gasteiger partial charge on any atom is 0.498 e. The molecule has 5 N–H and O–H groups in total. The molecule has 1 saturated heterocycles. The number of anilines is 2. The number of methoxy groups -OCH3 is 2. The second-order valence-corrected chi connectivity index (χ2v) is 42.0. The Morgan fingerprint density at radius 1 is 0.412 bits per heavy atom. The van der Waals surface area contributed by atoms with Crippen molar-refractivity contribution in [2.24, 2.45) is 0 Å². The van der Waals surface area contributed by atoms with Gasteiger partial charge in [0.05, 0.1) is 105 Å². The molecule has 11 heterocycles. The Morgan fingerprint density at radius 2 is 0.757 bits per heavy atom. The van der Waals surface area contributed by atoms with Crippen molar-refractivity contribution in [2.75, 3.05) is 31.9 Å². The van der Waals surface area contributed by atoms with Crippen molar-refractivity contribution >= 4 is 126 Å². The van der Waals surface area contributed by atoms with Crippen molar-refractivity contribution in [3.8, 4) is 79.3 Å². The number of nitrogen functional groups attached to an aromatic ring is 2. The van der Waals surface area contributed by atoms with E-state index in [0.29, 0.717) is 18.8 Å². The molecule has 0 unspecified atom stereocenters. The summed E-state index contributed by atoms with van der Waals surface area (Å²) in [7, 11) is -0.580. The van der Waals surface area contributed by atoms with Gasteiger partial charge in [-0.3, -0.25) is 4.18 Å². The first-order valence-electron chi connectivity index (χ1n) is 43.5. The minimum atomic E-state index is -3.56. The molecule has 10 aromatic heterocycles. The van der Waals surface area contributed by atoms with Crippen molar-refractivity contribution in [3.63, 3.8) is 0 Å². The van der Waals surface area contributed by atoms with Crippen molar-refractivity contribution < 1.29 is 36.5 Å². The normalized spacial score (nSPS) is 13.3. The second kappa shape index (κ2) is 39.5. The molecule has 33 nitrogen and oxygen atoms in total. The minimum absolute atomic E-state index is 0.0358. The molecular weight excluding hydrogens is 1940 g/mol. The number of imidazole rings is 3. The average Bonchev–Trinajstić information content (AvgIpc) is 1.62. The lowest BCUT2D eigenvalue weighted by Gasteiger charge is -2.32. The summed E-state index contributed by atoms with van der Waals surface area (Å²) < 4.78 is 69.5. The van der Waals surface area contributed by atoms with Crippen LogP contribution in [0.15, 0.2) is 240 Å². The first kappa shape index (κ1) is 97.8. The van der Waals surface area contributed by atoms with Crippen LogP contribution >= 0.6 is 47.8 Å². The summed E-state index contributed by atoms with van der Waals surface area (Å²) in [6, 6.07) is 50.9. The van der Waals surface area contributed by atoms with Gasteiger partial charge in [-0.25, -0.2) is 73.6 Å². The predicted octanol–water partition coefficient (Wildman–Crippen LogP) is 18.7. The Balaban J connectivity index is 0.000000131. The van der Waals surface area contributed by atoms with Crippen LogP contribution < -0.4 is 16.9 Å². The first-order chi connectivity index (χ1) is 64.5. The van der Waals surface area contributed by atoms with Gasteiger partial charge in [0, 0.05) is 119 Å². The molecule has 0 spiro atoms. The van der Waals surface area contributed by atoms with Crippen LogP contribution in [-0.2, 0) is 81.7 Å². The zero-order valence-electron chi connectivity index (χ0n) is 79.1. The molecule has 8 aromatic carbocycles. The molecule has 136 heavy (non-hydrogen) atoms. The van der Waals surface area contributed by atoms with E-state index in [9.17, 15) is 13.5 Å². The Bertz CT molecular complexity index is 7390. The van der Waals surface area contributed by atoms with E-state index in [-0.39, 0.29) is 58.5 Å². The summed E-state index contributed by atoms with van der Waals surface area (Å²) in [5, 5.41) is 28.2.